The maximum atomic E-state index is 14.7. The summed E-state index contributed by atoms with van der Waals surface area (Å²) in [4.78, 5) is 45.4. The van der Waals surface area contributed by atoms with Crippen molar-refractivity contribution in [2.24, 2.45) is 5.92 Å². The third-order valence-corrected chi connectivity index (χ3v) is 8.91. The van der Waals surface area contributed by atoms with Gasteiger partial charge < -0.3 is 19.4 Å². The lowest BCUT2D eigenvalue weighted by atomic mass is 9.64. The zero-order chi connectivity index (χ0) is 27.6. The van der Waals surface area contributed by atoms with Gasteiger partial charge in [0.2, 0.25) is 11.7 Å². The van der Waals surface area contributed by atoms with E-state index in [0.717, 1.165) is 11.3 Å². The third kappa shape index (κ3) is 3.26. The van der Waals surface area contributed by atoms with Crippen molar-refractivity contribution < 1.29 is 23.5 Å². The number of nitrogens with one attached hydrogen (secondary N) is 1. The lowest BCUT2D eigenvalue weighted by Gasteiger charge is -2.37. The number of ketones is 2. The number of hydrogen-bond acceptors (Lipinski definition) is 6. The number of anilines is 2. The average molecular weight is 595 g/mol. The molecule has 0 aliphatic carbocycles. The Morgan fingerprint density at radius 1 is 1.00 bits per heavy atom. The molecule has 1 saturated heterocycles. The summed E-state index contributed by atoms with van der Waals surface area (Å²) in [7, 11) is 1.55. The van der Waals surface area contributed by atoms with E-state index in [-0.39, 0.29) is 17.5 Å². The molecule has 0 saturated carbocycles. The second kappa shape index (κ2) is 9.06. The molecule has 40 heavy (non-hydrogen) atoms. The van der Waals surface area contributed by atoms with E-state index in [1.165, 1.54) is 6.26 Å². The number of ether oxygens (including phenoxy) is 1. The summed E-state index contributed by atoms with van der Waals surface area (Å²) in [6.07, 6.45) is 5.35. The second-order valence-corrected chi connectivity index (χ2v) is 11.0. The number of halogens is 1. The van der Waals surface area contributed by atoms with Gasteiger partial charge in [-0.3, -0.25) is 14.4 Å². The summed E-state index contributed by atoms with van der Waals surface area (Å²) >= 11 is 3.50. The first kappa shape index (κ1) is 24.6. The zero-order valence-corrected chi connectivity index (χ0v) is 22.9. The van der Waals surface area contributed by atoms with Gasteiger partial charge in [0.05, 0.1) is 29.8 Å². The van der Waals surface area contributed by atoms with Gasteiger partial charge in [-0.1, -0.05) is 48.6 Å². The first-order valence-corrected chi connectivity index (χ1v) is 13.7. The van der Waals surface area contributed by atoms with Crippen LogP contribution in [0.4, 0.5) is 11.4 Å². The van der Waals surface area contributed by atoms with E-state index in [9.17, 15) is 14.4 Å². The van der Waals surface area contributed by atoms with Gasteiger partial charge in [0.15, 0.2) is 11.5 Å². The van der Waals surface area contributed by atoms with Crippen molar-refractivity contribution in [3.63, 3.8) is 0 Å². The maximum Gasteiger partial charge on any atom is 0.238 e. The summed E-state index contributed by atoms with van der Waals surface area (Å²) in [5.41, 5.74) is 2.03. The standard InChI is InChI=1S/C32H23BrN2O5/c1-39-24-14-12-19(17-21(24)33)29(36)28-27(30(37)25-11-6-16-40-25)32(20-8-3-4-9-22(20)34-31(32)38)26-15-13-18-7-2-5-10-23(18)35(26)28/h2-17,26-28H,1H3,(H,34,38)/t26-,27+,28+,32-/m1/s1. The van der Waals surface area contributed by atoms with E-state index >= 15 is 0 Å². The fourth-order valence-electron chi connectivity index (χ4n) is 6.68. The van der Waals surface area contributed by atoms with Crippen LogP contribution in [0, 0.1) is 5.92 Å². The fraction of sp³-hybridized carbons (Fsp3) is 0.156. The predicted octanol–water partition coefficient (Wildman–Crippen LogP) is 5.91. The second-order valence-electron chi connectivity index (χ2n) is 10.1. The van der Waals surface area contributed by atoms with Crippen LogP contribution in [0.15, 0.2) is 100 Å². The summed E-state index contributed by atoms with van der Waals surface area (Å²) < 4.78 is 11.6. The number of Topliss-reactive ketones (excluding diaryl/α,β-unsaturated/α-hetero) is 2. The van der Waals surface area contributed by atoms with E-state index in [1.807, 2.05) is 65.6 Å². The monoisotopic (exact) mass is 594 g/mol. The number of furan rings is 1. The molecular formula is C32H23BrN2O5. The van der Waals surface area contributed by atoms with Crippen molar-refractivity contribution in [3.8, 4) is 5.75 Å². The molecule has 1 amide bonds. The molecular weight excluding hydrogens is 572 g/mol. The molecule has 0 unspecified atom stereocenters. The Hall–Kier alpha value is -4.43. The molecule has 7 rings (SSSR count). The van der Waals surface area contributed by atoms with Gasteiger partial charge in [-0.2, -0.15) is 0 Å². The van der Waals surface area contributed by atoms with Gasteiger partial charge in [0.25, 0.3) is 0 Å². The van der Waals surface area contributed by atoms with Crippen LogP contribution in [-0.2, 0) is 10.2 Å². The Morgan fingerprint density at radius 3 is 2.58 bits per heavy atom. The van der Waals surface area contributed by atoms with Crippen LogP contribution in [-0.4, -0.2) is 36.7 Å². The summed E-state index contributed by atoms with van der Waals surface area (Å²) in [5.74, 6) is -1.40. The average Bonchev–Trinajstić information content (AvgIpc) is 3.69. The number of hydrogen-bond donors (Lipinski definition) is 1. The minimum absolute atomic E-state index is 0.104. The number of benzene rings is 3. The van der Waals surface area contributed by atoms with Crippen molar-refractivity contribution in [2.45, 2.75) is 17.5 Å². The molecule has 1 N–H and O–H groups in total. The Labute approximate surface area is 238 Å². The SMILES string of the molecule is COc1ccc(C(=O)[C@@H]2[C@@H](C(=O)c3ccco3)[C@]3(C(=O)Nc4ccccc43)[C@H]3C=Cc4ccccc4N23)cc1Br. The molecule has 3 aliphatic heterocycles. The van der Waals surface area contributed by atoms with Crippen LogP contribution in [0.3, 0.4) is 0 Å². The van der Waals surface area contributed by atoms with Crippen LogP contribution in [0.25, 0.3) is 6.08 Å². The zero-order valence-electron chi connectivity index (χ0n) is 21.3. The van der Waals surface area contributed by atoms with Crippen molar-refractivity contribution in [2.75, 3.05) is 17.3 Å². The number of methoxy groups -OCH3 is 1. The molecule has 1 fully saturated rings. The fourth-order valence-corrected chi connectivity index (χ4v) is 7.22. The van der Waals surface area contributed by atoms with Crippen LogP contribution in [0.2, 0.25) is 0 Å². The lowest BCUT2D eigenvalue weighted by Crippen LogP contribution is -2.51. The van der Waals surface area contributed by atoms with Gasteiger partial charge in [0.1, 0.15) is 17.2 Å². The predicted molar refractivity (Wildman–Crippen MR) is 154 cm³/mol. The number of rotatable bonds is 5. The van der Waals surface area contributed by atoms with Gasteiger partial charge >= 0.3 is 0 Å². The highest BCUT2D eigenvalue weighted by molar-refractivity contribution is 9.10. The molecule has 4 atom stereocenters. The van der Waals surface area contributed by atoms with Crippen LogP contribution >= 0.6 is 15.9 Å². The van der Waals surface area contributed by atoms with Crippen LogP contribution in [0.5, 0.6) is 5.75 Å². The number of para-hydroxylation sites is 2. The van der Waals surface area contributed by atoms with Crippen LogP contribution in [0.1, 0.15) is 32.0 Å². The Kier molecular flexibility index (Phi) is 5.57. The van der Waals surface area contributed by atoms with Gasteiger partial charge in [0, 0.05) is 16.9 Å². The number of nitrogens with zero attached hydrogens (tertiary/aromatic N) is 1. The van der Waals surface area contributed by atoms with E-state index in [0.29, 0.717) is 27.0 Å². The third-order valence-electron chi connectivity index (χ3n) is 8.29. The summed E-state index contributed by atoms with van der Waals surface area (Å²) in [6.45, 7) is 0. The topological polar surface area (TPSA) is 88.9 Å². The van der Waals surface area contributed by atoms with Gasteiger partial charge in [-0.25, -0.2) is 0 Å². The normalized spacial score (nSPS) is 23.9. The smallest absolute Gasteiger partial charge is 0.238 e. The molecule has 3 aromatic carbocycles. The highest BCUT2D eigenvalue weighted by Gasteiger charge is 2.70. The van der Waals surface area contributed by atoms with Crippen molar-refractivity contribution >= 4 is 50.9 Å². The maximum absolute atomic E-state index is 14.7. The van der Waals surface area contributed by atoms with Crippen molar-refractivity contribution in [1.29, 1.82) is 0 Å². The molecule has 198 valence electrons. The minimum Gasteiger partial charge on any atom is -0.496 e. The lowest BCUT2D eigenvalue weighted by molar-refractivity contribution is -0.121. The molecule has 1 aromatic heterocycles. The number of carbonyl (C=O) groups is 3. The number of amides is 1. The first-order chi connectivity index (χ1) is 19.5. The van der Waals surface area contributed by atoms with E-state index in [1.54, 1.807) is 37.4 Å². The van der Waals surface area contributed by atoms with Crippen LogP contribution < -0.4 is 15.0 Å². The minimum atomic E-state index is -1.38. The Morgan fingerprint density at radius 2 is 1.80 bits per heavy atom. The number of carbonyl (C=O) groups excluding carboxylic acids is 3. The molecule has 4 heterocycles. The Balaban J connectivity index is 1.52. The van der Waals surface area contributed by atoms with E-state index < -0.39 is 29.2 Å². The van der Waals surface area contributed by atoms with Crippen molar-refractivity contribution in [1.82, 2.24) is 0 Å². The van der Waals surface area contributed by atoms with Gasteiger partial charge in [-0.05, 0) is 69.5 Å². The molecule has 8 heteroatoms. The van der Waals surface area contributed by atoms with E-state index in [4.69, 9.17) is 9.15 Å². The first-order valence-electron chi connectivity index (χ1n) is 12.9. The molecule has 0 bridgehead atoms. The number of fused-ring (bicyclic) bond motifs is 6. The summed E-state index contributed by atoms with van der Waals surface area (Å²) in [5, 5.41) is 3.02. The molecule has 3 aliphatic rings. The molecule has 0 radical (unpaired) electrons. The highest BCUT2D eigenvalue weighted by atomic mass is 79.9. The largest absolute Gasteiger partial charge is 0.496 e. The highest BCUT2D eigenvalue weighted by Crippen LogP contribution is 2.58. The quantitative estimate of drug-likeness (QED) is 0.289. The van der Waals surface area contributed by atoms with E-state index in [2.05, 4.69) is 21.2 Å². The van der Waals surface area contributed by atoms with Gasteiger partial charge in [-0.15, -0.1) is 0 Å². The summed E-state index contributed by atoms with van der Waals surface area (Å²) in [6, 6.07) is 21.8. The Bertz CT molecular complexity index is 1730. The molecule has 1 spiro atoms. The van der Waals surface area contributed by atoms with Crippen molar-refractivity contribution in [3.05, 3.63) is 118 Å². The molecule has 4 aromatic rings. The molecule has 7 nitrogen and oxygen atoms in total.